The zero-order valence-electron chi connectivity index (χ0n) is 11.3. The molecule has 0 heterocycles. The van der Waals surface area contributed by atoms with Crippen molar-refractivity contribution >= 4 is 0 Å². The molecule has 0 amide bonds. The van der Waals surface area contributed by atoms with Crippen molar-refractivity contribution in [3.63, 3.8) is 0 Å². The van der Waals surface area contributed by atoms with Gasteiger partial charge in [0.1, 0.15) is 0 Å². The first-order chi connectivity index (χ1) is 7.79. The van der Waals surface area contributed by atoms with E-state index in [1.54, 1.807) is 21.3 Å². The fraction of sp³-hybridized carbons (Fsp3) is 1.00. The fourth-order valence-electron chi connectivity index (χ4n) is 2.01. The van der Waals surface area contributed by atoms with Gasteiger partial charge in [0, 0.05) is 27.2 Å². The topological polar surface area (TPSA) is 27.7 Å². The predicted octanol–water partition coefficient (Wildman–Crippen LogP) is 2.88. The van der Waals surface area contributed by atoms with Gasteiger partial charge in [0.25, 0.3) is 0 Å². The largest absolute Gasteiger partial charge is 0.384 e. The molecule has 0 aromatic heterocycles. The van der Waals surface area contributed by atoms with E-state index in [0.717, 1.165) is 6.42 Å². The Bertz CT molecular complexity index is 133. The van der Waals surface area contributed by atoms with Crippen molar-refractivity contribution in [3.05, 3.63) is 0 Å². The van der Waals surface area contributed by atoms with E-state index in [1.807, 2.05) is 0 Å². The average Bonchev–Trinajstić information content (AvgIpc) is 2.29. The summed E-state index contributed by atoms with van der Waals surface area (Å²) in [7, 11) is 5.24. The molecule has 98 valence electrons. The van der Waals surface area contributed by atoms with Crippen LogP contribution in [0.2, 0.25) is 0 Å². The number of hydrogen-bond acceptors (Lipinski definition) is 3. The molecule has 0 saturated heterocycles. The summed E-state index contributed by atoms with van der Waals surface area (Å²) in [6, 6.07) is 0. The molecule has 1 unspecified atom stereocenters. The first-order valence-corrected chi connectivity index (χ1v) is 6.30. The molecule has 0 bridgehead atoms. The molecule has 0 aromatic carbocycles. The Morgan fingerprint density at radius 2 is 1.50 bits per heavy atom. The summed E-state index contributed by atoms with van der Waals surface area (Å²) in [5.41, 5.74) is 0. The van der Waals surface area contributed by atoms with Crippen molar-refractivity contribution in [2.45, 2.75) is 45.1 Å². The zero-order valence-corrected chi connectivity index (χ0v) is 11.3. The van der Waals surface area contributed by atoms with Crippen LogP contribution in [0.25, 0.3) is 0 Å². The van der Waals surface area contributed by atoms with E-state index in [0.29, 0.717) is 19.1 Å². The lowest BCUT2D eigenvalue weighted by Crippen LogP contribution is -2.30. The minimum atomic E-state index is 0.261. The molecule has 16 heavy (non-hydrogen) atoms. The minimum Gasteiger partial charge on any atom is -0.384 e. The molecule has 1 atom stereocenters. The average molecular weight is 232 g/mol. The predicted molar refractivity (Wildman–Crippen MR) is 66.8 cm³/mol. The van der Waals surface area contributed by atoms with Crippen LogP contribution in [0.15, 0.2) is 0 Å². The molecular formula is C13H28O3. The summed E-state index contributed by atoms with van der Waals surface area (Å²) in [6.07, 6.45) is 6.48. The van der Waals surface area contributed by atoms with Crippen molar-refractivity contribution in [1.29, 1.82) is 0 Å². The monoisotopic (exact) mass is 232 g/mol. The highest BCUT2D eigenvalue weighted by Crippen LogP contribution is 2.16. The van der Waals surface area contributed by atoms with Gasteiger partial charge in [-0.05, 0) is 6.42 Å². The lowest BCUT2D eigenvalue weighted by Gasteiger charge is -2.24. The Kier molecular flexibility index (Phi) is 11.3. The Balaban J connectivity index is 3.89. The second-order valence-corrected chi connectivity index (χ2v) is 4.29. The Morgan fingerprint density at radius 3 is 1.94 bits per heavy atom. The molecule has 0 fully saturated rings. The molecule has 0 rings (SSSR count). The van der Waals surface area contributed by atoms with Crippen molar-refractivity contribution < 1.29 is 14.2 Å². The molecule has 3 heteroatoms. The quantitative estimate of drug-likeness (QED) is 0.513. The maximum absolute atomic E-state index is 5.54. The maximum atomic E-state index is 5.54. The molecule has 0 aliphatic heterocycles. The van der Waals surface area contributed by atoms with E-state index >= 15 is 0 Å². The van der Waals surface area contributed by atoms with Crippen molar-refractivity contribution in [1.82, 2.24) is 0 Å². The van der Waals surface area contributed by atoms with Gasteiger partial charge in [-0.3, -0.25) is 0 Å². The Morgan fingerprint density at radius 1 is 0.875 bits per heavy atom. The van der Waals surface area contributed by atoms with Gasteiger partial charge < -0.3 is 14.2 Å². The summed E-state index contributed by atoms with van der Waals surface area (Å²) in [4.78, 5) is 0. The number of hydrogen-bond donors (Lipinski definition) is 0. The summed E-state index contributed by atoms with van der Waals surface area (Å²) < 4.78 is 16.0. The standard InChI is InChI=1S/C13H28O3/c1-5-6-7-8-9-13(16-4)12(10-14-2)11-15-3/h12-13H,5-11H2,1-4H3. The second kappa shape index (κ2) is 11.4. The van der Waals surface area contributed by atoms with Crippen LogP contribution in [-0.4, -0.2) is 40.6 Å². The maximum Gasteiger partial charge on any atom is 0.0643 e. The van der Waals surface area contributed by atoms with Crippen molar-refractivity contribution in [3.8, 4) is 0 Å². The van der Waals surface area contributed by atoms with Gasteiger partial charge in [-0.15, -0.1) is 0 Å². The van der Waals surface area contributed by atoms with Crippen LogP contribution in [0.4, 0.5) is 0 Å². The molecule has 0 aliphatic rings. The summed E-state index contributed by atoms with van der Waals surface area (Å²) >= 11 is 0. The summed E-state index contributed by atoms with van der Waals surface area (Å²) in [5, 5.41) is 0. The third-order valence-electron chi connectivity index (χ3n) is 2.93. The third kappa shape index (κ3) is 7.20. The van der Waals surface area contributed by atoms with E-state index < -0.39 is 0 Å². The normalized spacial score (nSPS) is 13.3. The minimum absolute atomic E-state index is 0.261. The van der Waals surface area contributed by atoms with Crippen LogP contribution < -0.4 is 0 Å². The second-order valence-electron chi connectivity index (χ2n) is 4.29. The van der Waals surface area contributed by atoms with Gasteiger partial charge in [0.15, 0.2) is 0 Å². The lowest BCUT2D eigenvalue weighted by atomic mass is 9.98. The van der Waals surface area contributed by atoms with Gasteiger partial charge >= 0.3 is 0 Å². The van der Waals surface area contributed by atoms with E-state index in [4.69, 9.17) is 14.2 Å². The first kappa shape index (κ1) is 15.9. The highest BCUT2D eigenvalue weighted by Gasteiger charge is 2.20. The summed E-state index contributed by atoms with van der Waals surface area (Å²) in [5.74, 6) is 0.349. The Labute approximate surface area is 100 Å². The molecule has 3 nitrogen and oxygen atoms in total. The zero-order chi connectivity index (χ0) is 12.2. The van der Waals surface area contributed by atoms with Gasteiger partial charge in [0.05, 0.1) is 19.3 Å². The first-order valence-electron chi connectivity index (χ1n) is 6.30. The van der Waals surface area contributed by atoms with Gasteiger partial charge in [-0.2, -0.15) is 0 Å². The fourth-order valence-corrected chi connectivity index (χ4v) is 2.01. The van der Waals surface area contributed by atoms with E-state index in [-0.39, 0.29) is 6.10 Å². The highest BCUT2D eigenvalue weighted by atomic mass is 16.5. The molecule has 0 radical (unpaired) electrons. The van der Waals surface area contributed by atoms with Crippen LogP contribution in [0, 0.1) is 5.92 Å². The van der Waals surface area contributed by atoms with E-state index in [9.17, 15) is 0 Å². The Hall–Kier alpha value is -0.120. The molecule has 0 spiro atoms. The molecule has 0 aliphatic carbocycles. The van der Waals surface area contributed by atoms with E-state index in [1.165, 1.54) is 25.7 Å². The van der Waals surface area contributed by atoms with Crippen LogP contribution in [-0.2, 0) is 14.2 Å². The molecule has 0 N–H and O–H groups in total. The van der Waals surface area contributed by atoms with Gasteiger partial charge in [0.2, 0.25) is 0 Å². The number of rotatable bonds is 11. The molecular weight excluding hydrogens is 204 g/mol. The van der Waals surface area contributed by atoms with Crippen molar-refractivity contribution in [2.24, 2.45) is 5.92 Å². The van der Waals surface area contributed by atoms with Crippen LogP contribution in [0.3, 0.4) is 0 Å². The third-order valence-corrected chi connectivity index (χ3v) is 2.93. The van der Waals surface area contributed by atoms with Gasteiger partial charge in [-0.25, -0.2) is 0 Å². The number of unbranched alkanes of at least 4 members (excludes halogenated alkanes) is 3. The smallest absolute Gasteiger partial charge is 0.0643 e. The number of ether oxygens (including phenoxy) is 3. The number of methoxy groups -OCH3 is 3. The molecule has 0 saturated carbocycles. The lowest BCUT2D eigenvalue weighted by molar-refractivity contribution is -0.0239. The van der Waals surface area contributed by atoms with Crippen LogP contribution in [0.1, 0.15) is 39.0 Å². The van der Waals surface area contributed by atoms with E-state index in [2.05, 4.69) is 6.92 Å². The van der Waals surface area contributed by atoms with Crippen LogP contribution >= 0.6 is 0 Å². The SMILES string of the molecule is CCCCCCC(OC)C(COC)COC. The van der Waals surface area contributed by atoms with Gasteiger partial charge in [-0.1, -0.05) is 32.6 Å². The van der Waals surface area contributed by atoms with Crippen molar-refractivity contribution in [2.75, 3.05) is 34.5 Å². The highest BCUT2D eigenvalue weighted by molar-refractivity contribution is 4.70. The molecule has 0 aromatic rings. The van der Waals surface area contributed by atoms with Crippen LogP contribution in [0.5, 0.6) is 0 Å². The summed E-state index contributed by atoms with van der Waals surface area (Å²) in [6.45, 7) is 3.65.